The number of carbonyl (C=O) groups is 1. The standard InChI is InChI=1S/C12H15ClN2O/c1-14-12(16)15-8-4-7-11(15)9-5-2-3-6-10(9)13/h2-3,5-6,11H,4,7-8H2,1H3,(H,14,16). The Balaban J connectivity index is 2.27. The fourth-order valence-corrected chi connectivity index (χ4v) is 2.48. The molecule has 1 aliphatic rings. The zero-order chi connectivity index (χ0) is 11.5. The summed E-state index contributed by atoms with van der Waals surface area (Å²) in [6.45, 7) is 0.801. The quantitative estimate of drug-likeness (QED) is 0.802. The molecule has 1 N–H and O–H groups in total. The first kappa shape index (κ1) is 11.3. The van der Waals surface area contributed by atoms with Crippen LogP contribution in [0.15, 0.2) is 24.3 Å². The largest absolute Gasteiger partial charge is 0.341 e. The van der Waals surface area contributed by atoms with E-state index < -0.39 is 0 Å². The van der Waals surface area contributed by atoms with Crippen molar-refractivity contribution in [1.29, 1.82) is 0 Å². The lowest BCUT2D eigenvalue weighted by molar-refractivity contribution is 0.195. The van der Waals surface area contributed by atoms with Crippen molar-refractivity contribution in [1.82, 2.24) is 10.2 Å². The third-order valence-corrected chi connectivity index (χ3v) is 3.34. The first-order valence-electron chi connectivity index (χ1n) is 5.47. The predicted octanol–water partition coefficient (Wildman–Crippen LogP) is 2.82. The Morgan fingerprint density at radius 3 is 2.94 bits per heavy atom. The van der Waals surface area contributed by atoms with Gasteiger partial charge in [-0.2, -0.15) is 0 Å². The van der Waals surface area contributed by atoms with Gasteiger partial charge in [0.2, 0.25) is 0 Å². The summed E-state index contributed by atoms with van der Waals surface area (Å²) in [5, 5.41) is 3.41. The van der Waals surface area contributed by atoms with Crippen molar-refractivity contribution in [3.63, 3.8) is 0 Å². The highest BCUT2D eigenvalue weighted by molar-refractivity contribution is 6.31. The van der Waals surface area contributed by atoms with E-state index in [4.69, 9.17) is 11.6 Å². The lowest BCUT2D eigenvalue weighted by Crippen LogP contribution is -2.37. The van der Waals surface area contributed by atoms with Crippen LogP contribution >= 0.6 is 11.6 Å². The van der Waals surface area contributed by atoms with Crippen molar-refractivity contribution >= 4 is 17.6 Å². The lowest BCUT2D eigenvalue weighted by atomic mass is 10.0. The molecule has 0 saturated carbocycles. The number of carbonyl (C=O) groups excluding carboxylic acids is 1. The smallest absolute Gasteiger partial charge is 0.317 e. The number of hydrogen-bond donors (Lipinski definition) is 1. The molecule has 1 saturated heterocycles. The minimum absolute atomic E-state index is 0.0255. The zero-order valence-electron chi connectivity index (χ0n) is 9.24. The molecule has 0 bridgehead atoms. The van der Waals surface area contributed by atoms with E-state index in [2.05, 4.69) is 5.32 Å². The van der Waals surface area contributed by atoms with E-state index in [0.717, 1.165) is 30.0 Å². The molecule has 1 atom stereocenters. The maximum atomic E-state index is 11.7. The zero-order valence-corrected chi connectivity index (χ0v) is 10.00. The average Bonchev–Trinajstić information content (AvgIpc) is 2.77. The minimum atomic E-state index is -0.0255. The van der Waals surface area contributed by atoms with E-state index in [9.17, 15) is 4.79 Å². The summed E-state index contributed by atoms with van der Waals surface area (Å²) < 4.78 is 0. The molecule has 0 spiro atoms. The number of rotatable bonds is 1. The van der Waals surface area contributed by atoms with E-state index in [1.807, 2.05) is 29.2 Å². The first-order chi connectivity index (χ1) is 7.74. The summed E-state index contributed by atoms with van der Waals surface area (Å²) in [4.78, 5) is 13.5. The van der Waals surface area contributed by atoms with Crippen molar-refractivity contribution in [2.24, 2.45) is 0 Å². The summed E-state index contributed by atoms with van der Waals surface area (Å²) in [7, 11) is 1.66. The monoisotopic (exact) mass is 238 g/mol. The Kier molecular flexibility index (Phi) is 3.34. The van der Waals surface area contributed by atoms with E-state index in [1.165, 1.54) is 0 Å². The Morgan fingerprint density at radius 1 is 1.50 bits per heavy atom. The number of hydrogen-bond acceptors (Lipinski definition) is 1. The molecule has 86 valence electrons. The van der Waals surface area contributed by atoms with Crippen LogP contribution in [0.3, 0.4) is 0 Å². The number of amides is 2. The fourth-order valence-electron chi connectivity index (χ4n) is 2.22. The van der Waals surface area contributed by atoms with Gasteiger partial charge in [0.15, 0.2) is 0 Å². The number of urea groups is 1. The van der Waals surface area contributed by atoms with Crippen LogP contribution in [-0.2, 0) is 0 Å². The molecule has 0 radical (unpaired) electrons. The van der Waals surface area contributed by atoms with Crippen LogP contribution in [0.5, 0.6) is 0 Å². The van der Waals surface area contributed by atoms with E-state index in [-0.39, 0.29) is 12.1 Å². The molecule has 1 fully saturated rings. The highest BCUT2D eigenvalue weighted by atomic mass is 35.5. The Labute approximate surface area is 100 Å². The Hall–Kier alpha value is -1.22. The number of likely N-dealkylation sites (tertiary alicyclic amines) is 1. The molecule has 0 aromatic heterocycles. The molecular weight excluding hydrogens is 224 g/mol. The van der Waals surface area contributed by atoms with Crippen LogP contribution in [0, 0.1) is 0 Å². The van der Waals surface area contributed by atoms with Crippen LogP contribution in [0.4, 0.5) is 4.79 Å². The van der Waals surface area contributed by atoms with E-state index in [0.29, 0.717) is 0 Å². The second kappa shape index (κ2) is 4.74. The van der Waals surface area contributed by atoms with Crippen LogP contribution in [-0.4, -0.2) is 24.5 Å². The Bertz CT molecular complexity index is 394. The third-order valence-electron chi connectivity index (χ3n) is 2.99. The van der Waals surface area contributed by atoms with Gasteiger partial charge >= 0.3 is 6.03 Å². The molecule has 16 heavy (non-hydrogen) atoms. The molecule has 4 heteroatoms. The van der Waals surface area contributed by atoms with Crippen molar-refractivity contribution in [2.75, 3.05) is 13.6 Å². The molecule has 0 aliphatic carbocycles. The van der Waals surface area contributed by atoms with E-state index >= 15 is 0 Å². The molecule has 1 aliphatic heterocycles. The molecule has 2 amide bonds. The average molecular weight is 239 g/mol. The molecule has 2 rings (SSSR count). The van der Waals surface area contributed by atoms with Gasteiger partial charge in [-0.25, -0.2) is 4.79 Å². The second-order valence-corrected chi connectivity index (χ2v) is 4.34. The summed E-state index contributed by atoms with van der Waals surface area (Å²) in [6, 6.07) is 7.83. The Morgan fingerprint density at radius 2 is 2.25 bits per heavy atom. The van der Waals surface area contributed by atoms with Crippen molar-refractivity contribution in [3.05, 3.63) is 34.9 Å². The number of halogens is 1. The molecule has 1 unspecified atom stereocenters. The van der Waals surface area contributed by atoms with Gasteiger partial charge in [-0.05, 0) is 24.5 Å². The molecular formula is C12H15ClN2O. The maximum absolute atomic E-state index is 11.7. The van der Waals surface area contributed by atoms with Gasteiger partial charge in [-0.1, -0.05) is 29.8 Å². The van der Waals surface area contributed by atoms with Gasteiger partial charge in [-0.15, -0.1) is 0 Å². The maximum Gasteiger partial charge on any atom is 0.317 e. The second-order valence-electron chi connectivity index (χ2n) is 3.93. The molecule has 1 heterocycles. The van der Waals surface area contributed by atoms with Crippen molar-refractivity contribution in [3.8, 4) is 0 Å². The van der Waals surface area contributed by atoms with E-state index in [1.54, 1.807) is 7.05 Å². The van der Waals surface area contributed by atoms with Gasteiger partial charge in [0.05, 0.1) is 6.04 Å². The van der Waals surface area contributed by atoms with Crippen LogP contribution < -0.4 is 5.32 Å². The molecule has 1 aromatic rings. The van der Waals surface area contributed by atoms with Gasteiger partial charge in [0.1, 0.15) is 0 Å². The number of nitrogens with one attached hydrogen (secondary N) is 1. The highest BCUT2D eigenvalue weighted by Crippen LogP contribution is 2.35. The number of nitrogens with zero attached hydrogens (tertiary/aromatic N) is 1. The van der Waals surface area contributed by atoms with Crippen LogP contribution in [0.25, 0.3) is 0 Å². The predicted molar refractivity (Wildman–Crippen MR) is 64.6 cm³/mol. The summed E-state index contributed by atoms with van der Waals surface area (Å²) >= 11 is 6.16. The third kappa shape index (κ3) is 2.00. The van der Waals surface area contributed by atoms with Gasteiger partial charge in [0.25, 0.3) is 0 Å². The van der Waals surface area contributed by atoms with Gasteiger partial charge < -0.3 is 10.2 Å². The highest BCUT2D eigenvalue weighted by Gasteiger charge is 2.30. The van der Waals surface area contributed by atoms with Crippen LogP contribution in [0.2, 0.25) is 5.02 Å². The van der Waals surface area contributed by atoms with Gasteiger partial charge in [-0.3, -0.25) is 0 Å². The van der Waals surface area contributed by atoms with Crippen molar-refractivity contribution in [2.45, 2.75) is 18.9 Å². The van der Waals surface area contributed by atoms with Gasteiger partial charge in [0, 0.05) is 18.6 Å². The lowest BCUT2D eigenvalue weighted by Gasteiger charge is -2.25. The summed E-state index contributed by atoms with van der Waals surface area (Å²) in [6.07, 6.45) is 2.01. The number of benzene rings is 1. The summed E-state index contributed by atoms with van der Waals surface area (Å²) in [5.41, 5.74) is 1.05. The summed E-state index contributed by atoms with van der Waals surface area (Å²) in [5.74, 6) is 0. The molecule has 3 nitrogen and oxygen atoms in total. The molecule has 1 aromatic carbocycles. The van der Waals surface area contributed by atoms with Crippen molar-refractivity contribution < 1.29 is 4.79 Å². The topological polar surface area (TPSA) is 32.3 Å². The first-order valence-corrected chi connectivity index (χ1v) is 5.84. The van der Waals surface area contributed by atoms with Crippen LogP contribution in [0.1, 0.15) is 24.4 Å². The normalized spacial score (nSPS) is 19.9. The minimum Gasteiger partial charge on any atom is -0.341 e. The fraction of sp³-hybridized carbons (Fsp3) is 0.417. The SMILES string of the molecule is CNC(=O)N1CCCC1c1ccccc1Cl.